The molecular weight excluding hydrogens is 104 g/mol. The Morgan fingerprint density at radius 2 is 2.50 bits per heavy atom. The minimum atomic E-state index is -0.449. The van der Waals surface area contributed by atoms with Crippen molar-refractivity contribution in [3.8, 4) is 0 Å². The van der Waals surface area contributed by atoms with Crippen LogP contribution in [0.5, 0.6) is 0 Å². The summed E-state index contributed by atoms with van der Waals surface area (Å²) in [5.74, 6) is 0.431. The molecule has 2 heteroatoms. The largest absolute Gasteiger partial charge is 0.368 e. The smallest absolute Gasteiger partial charge is 0.159 e. The zero-order valence-corrected chi connectivity index (χ0v) is 5.13. The van der Waals surface area contributed by atoms with E-state index in [4.69, 9.17) is 9.84 Å². The van der Waals surface area contributed by atoms with E-state index < -0.39 is 6.29 Å². The minimum Gasteiger partial charge on any atom is -0.368 e. The zero-order chi connectivity index (χ0) is 5.98. The van der Waals surface area contributed by atoms with E-state index in [-0.39, 0.29) is 0 Å². The van der Waals surface area contributed by atoms with Crippen LogP contribution in [0.25, 0.3) is 0 Å². The maximum atomic E-state index is 8.82. The van der Waals surface area contributed by atoms with Crippen molar-refractivity contribution >= 4 is 0 Å². The van der Waals surface area contributed by atoms with Gasteiger partial charge in [-0.2, -0.15) is 0 Å². The average molecular weight is 116 g/mol. The molecule has 0 radical (unpaired) electrons. The van der Waals surface area contributed by atoms with Crippen LogP contribution in [-0.4, -0.2) is 18.0 Å². The van der Waals surface area contributed by atoms with E-state index in [9.17, 15) is 0 Å². The summed E-state index contributed by atoms with van der Waals surface area (Å²) in [7, 11) is 0. The molecule has 1 N–H and O–H groups in total. The summed E-state index contributed by atoms with van der Waals surface area (Å²) in [6.45, 7) is 2.88. The topological polar surface area (TPSA) is 29.5 Å². The van der Waals surface area contributed by atoms with E-state index in [0.717, 1.165) is 19.4 Å². The van der Waals surface area contributed by atoms with Crippen LogP contribution in [0.4, 0.5) is 0 Å². The van der Waals surface area contributed by atoms with Gasteiger partial charge < -0.3 is 9.84 Å². The minimum absolute atomic E-state index is 0.431. The number of aliphatic hydroxyl groups excluding tert-OH is 1. The van der Waals surface area contributed by atoms with E-state index in [1.807, 2.05) is 0 Å². The van der Waals surface area contributed by atoms with Gasteiger partial charge in [-0.15, -0.1) is 0 Å². The molecule has 0 spiro atoms. The highest BCUT2D eigenvalue weighted by Crippen LogP contribution is 2.21. The number of ether oxygens (including phenoxy) is 1. The lowest BCUT2D eigenvalue weighted by Gasteiger charge is -2.32. The van der Waals surface area contributed by atoms with Crippen molar-refractivity contribution in [1.29, 1.82) is 0 Å². The molecule has 2 unspecified atom stereocenters. The summed E-state index contributed by atoms with van der Waals surface area (Å²) in [5, 5.41) is 8.82. The van der Waals surface area contributed by atoms with Crippen molar-refractivity contribution in [3.63, 3.8) is 0 Å². The molecule has 0 aromatic carbocycles. The molecule has 1 fully saturated rings. The Kier molecular flexibility index (Phi) is 1.86. The van der Waals surface area contributed by atoms with Gasteiger partial charge in [-0.3, -0.25) is 0 Å². The quantitative estimate of drug-likeness (QED) is 0.577. The lowest BCUT2D eigenvalue weighted by molar-refractivity contribution is -0.233. The molecule has 0 bridgehead atoms. The Hall–Kier alpha value is -0.0800. The molecule has 1 saturated heterocycles. The second-order valence-electron chi connectivity index (χ2n) is 2.27. The van der Waals surface area contributed by atoms with Crippen LogP contribution in [0.1, 0.15) is 19.8 Å². The fourth-order valence-corrected chi connectivity index (χ4v) is 0.915. The van der Waals surface area contributed by atoms with Gasteiger partial charge in [-0.25, -0.2) is 0 Å². The Labute approximate surface area is 49.5 Å². The monoisotopic (exact) mass is 116 g/mol. The molecule has 1 rings (SSSR count). The van der Waals surface area contributed by atoms with Crippen molar-refractivity contribution < 1.29 is 9.84 Å². The predicted molar refractivity (Wildman–Crippen MR) is 30.4 cm³/mol. The average Bonchev–Trinajstić information content (AvgIpc) is 1.79. The SMILES string of the molecule is CCCC1COC1O. The lowest BCUT2D eigenvalue weighted by atomic mass is 10.0. The highest BCUT2D eigenvalue weighted by atomic mass is 16.6. The Morgan fingerprint density at radius 3 is 2.62 bits per heavy atom. The van der Waals surface area contributed by atoms with Gasteiger partial charge in [0.15, 0.2) is 6.29 Å². The van der Waals surface area contributed by atoms with Crippen molar-refractivity contribution in [2.45, 2.75) is 26.1 Å². The first-order valence-electron chi connectivity index (χ1n) is 3.14. The Balaban J connectivity index is 2.08. The zero-order valence-electron chi connectivity index (χ0n) is 5.13. The van der Waals surface area contributed by atoms with E-state index in [2.05, 4.69) is 6.92 Å². The van der Waals surface area contributed by atoms with Crippen LogP contribution >= 0.6 is 0 Å². The first kappa shape index (κ1) is 6.05. The summed E-state index contributed by atoms with van der Waals surface area (Å²) >= 11 is 0. The maximum absolute atomic E-state index is 8.82. The van der Waals surface area contributed by atoms with Gasteiger partial charge in [0.2, 0.25) is 0 Å². The van der Waals surface area contributed by atoms with E-state index in [1.165, 1.54) is 0 Å². The van der Waals surface area contributed by atoms with Crippen molar-refractivity contribution in [2.24, 2.45) is 5.92 Å². The first-order chi connectivity index (χ1) is 3.84. The van der Waals surface area contributed by atoms with Gasteiger partial charge in [0.05, 0.1) is 6.61 Å². The molecule has 0 saturated carbocycles. The third kappa shape index (κ3) is 1.01. The molecule has 8 heavy (non-hydrogen) atoms. The molecular formula is C6H12O2. The Morgan fingerprint density at radius 1 is 1.75 bits per heavy atom. The highest BCUT2D eigenvalue weighted by Gasteiger charge is 2.28. The van der Waals surface area contributed by atoms with E-state index >= 15 is 0 Å². The van der Waals surface area contributed by atoms with Crippen molar-refractivity contribution in [1.82, 2.24) is 0 Å². The molecule has 2 nitrogen and oxygen atoms in total. The van der Waals surface area contributed by atoms with Gasteiger partial charge >= 0.3 is 0 Å². The molecule has 48 valence electrons. The summed E-state index contributed by atoms with van der Waals surface area (Å²) in [6, 6.07) is 0. The summed E-state index contributed by atoms with van der Waals surface area (Å²) in [6.07, 6.45) is 1.79. The van der Waals surface area contributed by atoms with Crippen LogP contribution in [0, 0.1) is 5.92 Å². The molecule has 0 amide bonds. The van der Waals surface area contributed by atoms with Crippen LogP contribution in [0.2, 0.25) is 0 Å². The van der Waals surface area contributed by atoms with Gasteiger partial charge in [0.1, 0.15) is 0 Å². The third-order valence-corrected chi connectivity index (χ3v) is 1.54. The van der Waals surface area contributed by atoms with Gasteiger partial charge in [0.25, 0.3) is 0 Å². The standard InChI is InChI=1S/C6H12O2/c1-2-3-5-4-8-6(5)7/h5-7H,2-4H2,1H3. The van der Waals surface area contributed by atoms with Crippen LogP contribution in [-0.2, 0) is 4.74 Å². The molecule has 0 aromatic rings. The maximum Gasteiger partial charge on any atom is 0.159 e. The number of aliphatic hydroxyl groups is 1. The molecule has 1 aliphatic rings. The highest BCUT2D eigenvalue weighted by molar-refractivity contribution is 4.68. The first-order valence-corrected chi connectivity index (χ1v) is 3.14. The number of rotatable bonds is 2. The predicted octanol–water partition coefficient (Wildman–Crippen LogP) is 0.751. The van der Waals surface area contributed by atoms with Gasteiger partial charge in [0, 0.05) is 5.92 Å². The summed E-state index contributed by atoms with van der Waals surface area (Å²) in [4.78, 5) is 0. The van der Waals surface area contributed by atoms with Crippen molar-refractivity contribution in [2.75, 3.05) is 6.61 Å². The summed E-state index contributed by atoms with van der Waals surface area (Å²) in [5.41, 5.74) is 0. The van der Waals surface area contributed by atoms with E-state index in [1.54, 1.807) is 0 Å². The Bertz CT molecular complexity index is 72.9. The fourth-order valence-electron chi connectivity index (χ4n) is 0.915. The third-order valence-electron chi connectivity index (χ3n) is 1.54. The lowest BCUT2D eigenvalue weighted by Crippen LogP contribution is -2.39. The molecule has 2 atom stereocenters. The second kappa shape index (κ2) is 2.46. The molecule has 0 aliphatic carbocycles. The number of hydrogen-bond donors (Lipinski definition) is 1. The normalized spacial score (nSPS) is 36.8. The summed E-state index contributed by atoms with van der Waals surface area (Å²) < 4.78 is 4.75. The molecule has 1 aliphatic heterocycles. The number of hydrogen-bond acceptors (Lipinski definition) is 2. The second-order valence-corrected chi connectivity index (χ2v) is 2.27. The van der Waals surface area contributed by atoms with Gasteiger partial charge in [-0.1, -0.05) is 13.3 Å². The van der Waals surface area contributed by atoms with E-state index in [0.29, 0.717) is 5.92 Å². The van der Waals surface area contributed by atoms with Gasteiger partial charge in [-0.05, 0) is 6.42 Å². The van der Waals surface area contributed by atoms with Crippen LogP contribution in [0.15, 0.2) is 0 Å². The molecule has 0 aromatic heterocycles. The molecule has 1 heterocycles. The van der Waals surface area contributed by atoms with Crippen molar-refractivity contribution in [3.05, 3.63) is 0 Å². The fraction of sp³-hybridized carbons (Fsp3) is 1.00. The van der Waals surface area contributed by atoms with Crippen LogP contribution < -0.4 is 0 Å². The van der Waals surface area contributed by atoms with Crippen LogP contribution in [0.3, 0.4) is 0 Å².